The van der Waals surface area contributed by atoms with Crippen LogP contribution in [-0.2, 0) is 0 Å². The van der Waals surface area contributed by atoms with Gasteiger partial charge in [-0.3, -0.25) is 0 Å². The van der Waals surface area contributed by atoms with Crippen molar-refractivity contribution in [3.63, 3.8) is 0 Å². The maximum atomic E-state index is 5.52. The molecule has 0 spiro atoms. The highest BCUT2D eigenvalue weighted by atomic mass is 14.7. The maximum absolute atomic E-state index is 5.52. The van der Waals surface area contributed by atoms with Gasteiger partial charge in [0.25, 0.3) is 0 Å². The molecule has 1 heterocycles. The van der Waals surface area contributed by atoms with Crippen molar-refractivity contribution in [3.05, 3.63) is 42.7 Å². The van der Waals surface area contributed by atoms with E-state index < -0.39 is 0 Å². The molecule has 3 N–H and O–H groups in total. The SMILES string of the molecule is Nc1cccccc[nH]c1. The lowest BCUT2D eigenvalue weighted by Gasteiger charge is -1.79. The molecular weight excluding hydrogens is 124 g/mol. The third-order valence-corrected chi connectivity index (χ3v) is 1.06. The zero-order valence-corrected chi connectivity index (χ0v) is 5.62. The molecule has 2 nitrogen and oxygen atoms in total. The van der Waals surface area contributed by atoms with Crippen LogP contribution in [0.15, 0.2) is 42.7 Å². The predicted molar refractivity (Wildman–Crippen MR) is 42.8 cm³/mol. The molecule has 2 heteroatoms. The quantitative estimate of drug-likeness (QED) is 0.557. The lowest BCUT2D eigenvalue weighted by atomic mass is 10.4. The number of H-pyrrole nitrogens is 1. The van der Waals surface area contributed by atoms with Gasteiger partial charge in [-0.25, -0.2) is 0 Å². The van der Waals surface area contributed by atoms with E-state index in [-0.39, 0.29) is 0 Å². The van der Waals surface area contributed by atoms with Gasteiger partial charge in [0.1, 0.15) is 0 Å². The van der Waals surface area contributed by atoms with Gasteiger partial charge in [0.15, 0.2) is 0 Å². The molecule has 0 aromatic carbocycles. The molecule has 0 aliphatic rings. The van der Waals surface area contributed by atoms with E-state index in [0.29, 0.717) is 0 Å². The Bertz CT molecular complexity index is 215. The summed E-state index contributed by atoms with van der Waals surface area (Å²) in [5, 5.41) is 0. The number of aromatic amines is 1. The molecule has 0 amide bonds. The Balaban J connectivity index is 3.13. The molecule has 52 valence electrons. The molecule has 0 aliphatic carbocycles. The summed E-state index contributed by atoms with van der Waals surface area (Å²) >= 11 is 0. The van der Waals surface area contributed by atoms with Gasteiger partial charge in [-0.15, -0.1) is 0 Å². The second-order valence-electron chi connectivity index (χ2n) is 1.91. The van der Waals surface area contributed by atoms with Crippen LogP contribution in [0.2, 0.25) is 0 Å². The smallest absolute Gasteiger partial charge is 0.0476 e. The van der Waals surface area contributed by atoms with Crippen LogP contribution < -0.4 is 5.73 Å². The molecule has 0 radical (unpaired) electrons. The average Bonchev–Trinajstić information content (AvgIpc) is 2.02. The van der Waals surface area contributed by atoms with Crippen LogP contribution in [0.3, 0.4) is 0 Å². The molecule has 0 atom stereocenters. The summed E-state index contributed by atoms with van der Waals surface area (Å²) in [5.41, 5.74) is 6.24. The fraction of sp³-hybridized carbons (Fsp3) is 0. The van der Waals surface area contributed by atoms with Gasteiger partial charge in [-0.1, -0.05) is 18.2 Å². The predicted octanol–water partition coefficient (Wildman–Crippen LogP) is 1.72. The minimum Gasteiger partial charge on any atom is -0.398 e. The fourth-order valence-electron chi connectivity index (χ4n) is 0.599. The van der Waals surface area contributed by atoms with Gasteiger partial charge in [0.2, 0.25) is 0 Å². The van der Waals surface area contributed by atoms with Crippen molar-refractivity contribution in [3.8, 4) is 0 Å². The zero-order chi connectivity index (χ0) is 7.23. The molecular formula is C8H10N2. The molecule has 0 fully saturated rings. The van der Waals surface area contributed by atoms with Crippen LogP contribution in [0.25, 0.3) is 0 Å². The Kier molecular flexibility index (Phi) is 2.38. The highest BCUT2D eigenvalue weighted by Gasteiger charge is 1.69. The molecule has 0 saturated heterocycles. The maximum Gasteiger partial charge on any atom is 0.0476 e. The summed E-state index contributed by atoms with van der Waals surface area (Å²) in [6.45, 7) is 0. The van der Waals surface area contributed by atoms with Crippen LogP contribution in [0.1, 0.15) is 0 Å². The number of hydrogen-bond donors (Lipinski definition) is 2. The molecule has 0 aliphatic heterocycles. The van der Waals surface area contributed by atoms with E-state index in [2.05, 4.69) is 4.98 Å². The van der Waals surface area contributed by atoms with Crippen LogP contribution in [0.5, 0.6) is 0 Å². The van der Waals surface area contributed by atoms with Crippen LogP contribution >= 0.6 is 0 Å². The minimum absolute atomic E-state index is 0.719. The summed E-state index contributed by atoms with van der Waals surface area (Å²) in [6.07, 6.45) is 3.55. The largest absolute Gasteiger partial charge is 0.398 e. The molecule has 0 saturated carbocycles. The fourth-order valence-corrected chi connectivity index (χ4v) is 0.599. The second kappa shape index (κ2) is 3.56. The van der Waals surface area contributed by atoms with Crippen molar-refractivity contribution in [2.24, 2.45) is 0 Å². The number of aromatic nitrogens is 1. The number of nitrogen functional groups attached to an aromatic ring is 1. The molecule has 0 bridgehead atoms. The van der Waals surface area contributed by atoms with Crippen molar-refractivity contribution < 1.29 is 0 Å². The van der Waals surface area contributed by atoms with Crippen molar-refractivity contribution in [2.45, 2.75) is 0 Å². The Hall–Kier alpha value is -1.44. The molecule has 10 heavy (non-hydrogen) atoms. The standard InChI is InChI=1S/C8H10N2/c9-8-5-3-1-2-4-6-10-7-8/h1-7,10H,9H2. The Labute approximate surface area is 60.0 Å². The van der Waals surface area contributed by atoms with Gasteiger partial charge in [0, 0.05) is 18.1 Å². The van der Waals surface area contributed by atoms with E-state index in [1.165, 1.54) is 0 Å². The van der Waals surface area contributed by atoms with Gasteiger partial charge in [-0.2, -0.15) is 0 Å². The summed E-state index contributed by atoms with van der Waals surface area (Å²) in [7, 11) is 0. The van der Waals surface area contributed by atoms with Crippen molar-refractivity contribution in [1.82, 2.24) is 4.98 Å². The molecule has 1 aromatic heterocycles. The van der Waals surface area contributed by atoms with Crippen LogP contribution in [0, 0.1) is 0 Å². The normalized spacial score (nSPS) is 8.40. The Morgan fingerprint density at radius 3 is 2.80 bits per heavy atom. The van der Waals surface area contributed by atoms with Gasteiger partial charge < -0.3 is 10.7 Å². The van der Waals surface area contributed by atoms with E-state index >= 15 is 0 Å². The van der Waals surface area contributed by atoms with Gasteiger partial charge in [-0.05, 0) is 12.1 Å². The number of anilines is 1. The highest BCUT2D eigenvalue weighted by Crippen LogP contribution is 1.90. The summed E-state index contributed by atoms with van der Waals surface area (Å²) in [5.74, 6) is 0. The first-order valence-electron chi connectivity index (χ1n) is 3.11. The summed E-state index contributed by atoms with van der Waals surface area (Å²) < 4.78 is 0. The van der Waals surface area contributed by atoms with Crippen LogP contribution in [-0.4, -0.2) is 4.98 Å². The second-order valence-corrected chi connectivity index (χ2v) is 1.91. The number of hydrogen-bond acceptors (Lipinski definition) is 1. The average molecular weight is 134 g/mol. The van der Waals surface area contributed by atoms with E-state index in [4.69, 9.17) is 5.73 Å². The molecule has 1 rings (SSSR count). The first-order chi connectivity index (χ1) is 4.89. The third-order valence-electron chi connectivity index (χ3n) is 1.06. The van der Waals surface area contributed by atoms with E-state index in [0.717, 1.165) is 5.69 Å². The Morgan fingerprint density at radius 2 is 1.90 bits per heavy atom. The molecule has 0 unspecified atom stereocenters. The lowest BCUT2D eigenvalue weighted by molar-refractivity contribution is 1.36. The first-order valence-corrected chi connectivity index (χ1v) is 3.11. The van der Waals surface area contributed by atoms with E-state index in [9.17, 15) is 0 Å². The summed E-state index contributed by atoms with van der Waals surface area (Å²) in [6, 6.07) is 9.47. The van der Waals surface area contributed by atoms with Crippen molar-refractivity contribution in [1.29, 1.82) is 0 Å². The topological polar surface area (TPSA) is 41.8 Å². The van der Waals surface area contributed by atoms with Crippen LogP contribution in [0.4, 0.5) is 5.69 Å². The van der Waals surface area contributed by atoms with E-state index in [1.54, 1.807) is 6.20 Å². The minimum atomic E-state index is 0.719. The first kappa shape index (κ1) is 6.68. The molecule has 1 aromatic rings. The lowest BCUT2D eigenvalue weighted by Crippen LogP contribution is -1.79. The summed E-state index contributed by atoms with van der Waals surface area (Å²) in [4.78, 5) is 2.91. The Morgan fingerprint density at radius 1 is 1.10 bits per heavy atom. The zero-order valence-electron chi connectivity index (χ0n) is 5.62. The number of nitrogens with one attached hydrogen (secondary N) is 1. The van der Waals surface area contributed by atoms with Gasteiger partial charge in [0.05, 0.1) is 0 Å². The number of rotatable bonds is 0. The van der Waals surface area contributed by atoms with Gasteiger partial charge >= 0.3 is 0 Å². The van der Waals surface area contributed by atoms with Crippen molar-refractivity contribution >= 4 is 5.69 Å². The highest BCUT2D eigenvalue weighted by molar-refractivity contribution is 5.31. The monoisotopic (exact) mass is 134 g/mol. The third kappa shape index (κ3) is 2.22. The van der Waals surface area contributed by atoms with Crippen molar-refractivity contribution in [2.75, 3.05) is 5.73 Å². The van der Waals surface area contributed by atoms with E-state index in [1.807, 2.05) is 36.5 Å². The number of nitrogens with two attached hydrogens (primary N) is 1.